The molecule has 6 heteroatoms. The standard InChI is InChI=1S/C19H22N4O2/c1-5-20-16(24)10-22-11-21-18-17(19(22)25)13(3)14(4)23(18)15-8-6-12(2)7-9-15/h6-9,11H,5,10H2,1-4H3,(H,20,24). The van der Waals surface area contributed by atoms with Crippen molar-refractivity contribution < 1.29 is 4.79 Å². The smallest absolute Gasteiger partial charge is 0.263 e. The third kappa shape index (κ3) is 2.95. The molecule has 0 fully saturated rings. The monoisotopic (exact) mass is 338 g/mol. The molecule has 0 aliphatic rings. The molecule has 1 amide bonds. The quantitative estimate of drug-likeness (QED) is 0.793. The molecule has 0 aliphatic carbocycles. The average Bonchev–Trinajstić information content (AvgIpc) is 2.83. The van der Waals surface area contributed by atoms with Crippen LogP contribution in [0.4, 0.5) is 0 Å². The fourth-order valence-corrected chi connectivity index (χ4v) is 3.02. The summed E-state index contributed by atoms with van der Waals surface area (Å²) in [5, 5.41) is 3.26. The number of carbonyl (C=O) groups excluding carboxylic acids is 1. The summed E-state index contributed by atoms with van der Waals surface area (Å²) < 4.78 is 3.35. The van der Waals surface area contributed by atoms with E-state index in [0.717, 1.165) is 16.9 Å². The van der Waals surface area contributed by atoms with Gasteiger partial charge >= 0.3 is 0 Å². The third-order valence-corrected chi connectivity index (χ3v) is 4.46. The van der Waals surface area contributed by atoms with E-state index in [1.165, 1.54) is 16.5 Å². The number of hydrogen-bond donors (Lipinski definition) is 1. The van der Waals surface area contributed by atoms with E-state index in [2.05, 4.69) is 10.3 Å². The largest absolute Gasteiger partial charge is 0.355 e. The topological polar surface area (TPSA) is 68.9 Å². The molecule has 6 nitrogen and oxygen atoms in total. The highest BCUT2D eigenvalue weighted by atomic mass is 16.2. The van der Waals surface area contributed by atoms with Gasteiger partial charge in [-0.25, -0.2) is 4.98 Å². The number of benzene rings is 1. The molecule has 0 radical (unpaired) electrons. The second-order valence-electron chi connectivity index (χ2n) is 6.21. The zero-order valence-electron chi connectivity index (χ0n) is 15.0. The van der Waals surface area contributed by atoms with Gasteiger partial charge in [0.2, 0.25) is 5.91 Å². The van der Waals surface area contributed by atoms with Crippen molar-refractivity contribution in [2.45, 2.75) is 34.2 Å². The highest BCUT2D eigenvalue weighted by molar-refractivity contribution is 5.83. The molecule has 2 heterocycles. The van der Waals surface area contributed by atoms with Crippen molar-refractivity contribution in [2.24, 2.45) is 0 Å². The Kier molecular flexibility index (Phi) is 4.44. The Hall–Kier alpha value is -2.89. The molecule has 1 aromatic carbocycles. The highest BCUT2D eigenvalue weighted by Crippen LogP contribution is 2.25. The van der Waals surface area contributed by atoms with Crippen molar-refractivity contribution in [3.8, 4) is 5.69 Å². The molecular formula is C19H22N4O2. The van der Waals surface area contributed by atoms with E-state index in [-0.39, 0.29) is 18.0 Å². The van der Waals surface area contributed by atoms with Gasteiger partial charge in [-0.05, 0) is 45.4 Å². The van der Waals surface area contributed by atoms with Crippen molar-refractivity contribution in [2.75, 3.05) is 6.54 Å². The summed E-state index contributed by atoms with van der Waals surface area (Å²) in [4.78, 5) is 29.2. The lowest BCUT2D eigenvalue weighted by Crippen LogP contribution is -2.32. The zero-order chi connectivity index (χ0) is 18.1. The van der Waals surface area contributed by atoms with Gasteiger partial charge in [0.15, 0.2) is 5.65 Å². The summed E-state index contributed by atoms with van der Waals surface area (Å²) in [7, 11) is 0. The molecule has 0 saturated carbocycles. The lowest BCUT2D eigenvalue weighted by molar-refractivity contribution is -0.121. The fraction of sp³-hybridized carbons (Fsp3) is 0.316. The first-order valence-corrected chi connectivity index (χ1v) is 8.34. The molecule has 25 heavy (non-hydrogen) atoms. The van der Waals surface area contributed by atoms with Crippen LogP contribution < -0.4 is 10.9 Å². The minimum Gasteiger partial charge on any atom is -0.355 e. The lowest BCUT2D eigenvalue weighted by Gasteiger charge is -2.09. The Morgan fingerprint density at radius 2 is 1.84 bits per heavy atom. The molecule has 0 bridgehead atoms. The Balaban J connectivity index is 2.18. The molecule has 0 atom stereocenters. The van der Waals surface area contributed by atoms with Crippen LogP contribution in [-0.2, 0) is 11.3 Å². The number of nitrogens with one attached hydrogen (secondary N) is 1. The number of amides is 1. The third-order valence-electron chi connectivity index (χ3n) is 4.46. The van der Waals surface area contributed by atoms with Crippen LogP contribution in [0.3, 0.4) is 0 Å². The van der Waals surface area contributed by atoms with Crippen LogP contribution in [0.2, 0.25) is 0 Å². The zero-order valence-corrected chi connectivity index (χ0v) is 15.0. The van der Waals surface area contributed by atoms with E-state index in [1.54, 1.807) is 0 Å². The first kappa shape index (κ1) is 17.0. The number of aryl methyl sites for hydroxylation is 2. The fourth-order valence-electron chi connectivity index (χ4n) is 3.02. The number of likely N-dealkylation sites (N-methyl/N-ethyl adjacent to an activating group) is 1. The predicted molar refractivity (Wildman–Crippen MR) is 98.2 cm³/mol. The van der Waals surface area contributed by atoms with Crippen LogP contribution in [0.25, 0.3) is 16.7 Å². The predicted octanol–water partition coefficient (Wildman–Crippen LogP) is 2.25. The molecule has 0 saturated heterocycles. The number of aromatic nitrogens is 3. The maximum atomic E-state index is 12.9. The number of rotatable bonds is 4. The van der Waals surface area contributed by atoms with Gasteiger partial charge < -0.3 is 5.32 Å². The van der Waals surface area contributed by atoms with Crippen LogP contribution in [0.15, 0.2) is 35.4 Å². The van der Waals surface area contributed by atoms with Gasteiger partial charge in [0, 0.05) is 17.9 Å². The Bertz CT molecular complexity index is 997. The second-order valence-corrected chi connectivity index (χ2v) is 6.21. The van der Waals surface area contributed by atoms with Gasteiger partial charge in [0.25, 0.3) is 5.56 Å². The Labute approximate surface area is 146 Å². The molecule has 3 aromatic rings. The van der Waals surface area contributed by atoms with Gasteiger partial charge in [0.05, 0.1) is 5.39 Å². The van der Waals surface area contributed by atoms with Crippen molar-refractivity contribution in [1.82, 2.24) is 19.4 Å². The van der Waals surface area contributed by atoms with Crippen molar-refractivity contribution in [3.05, 3.63) is 57.8 Å². The van der Waals surface area contributed by atoms with Gasteiger partial charge in [-0.1, -0.05) is 17.7 Å². The van der Waals surface area contributed by atoms with Crippen LogP contribution in [0.1, 0.15) is 23.7 Å². The Morgan fingerprint density at radius 3 is 2.48 bits per heavy atom. The normalized spacial score (nSPS) is 11.0. The van der Waals surface area contributed by atoms with E-state index in [1.807, 2.05) is 56.5 Å². The SMILES string of the molecule is CCNC(=O)Cn1cnc2c(c(C)c(C)n2-c2ccc(C)cc2)c1=O. The first-order chi connectivity index (χ1) is 11.9. The van der Waals surface area contributed by atoms with E-state index in [4.69, 9.17) is 0 Å². The molecule has 0 unspecified atom stereocenters. The number of carbonyl (C=O) groups is 1. The van der Waals surface area contributed by atoms with Crippen LogP contribution in [0, 0.1) is 20.8 Å². The van der Waals surface area contributed by atoms with Crippen molar-refractivity contribution >= 4 is 16.9 Å². The summed E-state index contributed by atoms with van der Waals surface area (Å²) >= 11 is 0. The molecule has 3 rings (SSSR count). The molecule has 130 valence electrons. The molecular weight excluding hydrogens is 316 g/mol. The minimum atomic E-state index is -0.196. The summed E-state index contributed by atoms with van der Waals surface area (Å²) in [6.45, 7) is 8.28. The maximum Gasteiger partial charge on any atom is 0.263 e. The van der Waals surface area contributed by atoms with Crippen molar-refractivity contribution in [3.63, 3.8) is 0 Å². The molecule has 2 aromatic heterocycles. The van der Waals surface area contributed by atoms with E-state index in [0.29, 0.717) is 17.6 Å². The second kappa shape index (κ2) is 6.55. The summed E-state index contributed by atoms with van der Waals surface area (Å²) in [5.41, 5.74) is 4.43. The van der Waals surface area contributed by atoms with Gasteiger partial charge in [-0.2, -0.15) is 0 Å². The maximum absolute atomic E-state index is 12.9. The van der Waals surface area contributed by atoms with Gasteiger partial charge in [0.1, 0.15) is 12.9 Å². The summed E-state index contributed by atoms with van der Waals surface area (Å²) in [6.07, 6.45) is 1.45. The minimum absolute atomic E-state index is 0.0240. The summed E-state index contributed by atoms with van der Waals surface area (Å²) in [5.74, 6) is -0.196. The number of hydrogen-bond acceptors (Lipinski definition) is 3. The first-order valence-electron chi connectivity index (χ1n) is 8.34. The highest BCUT2D eigenvalue weighted by Gasteiger charge is 2.18. The molecule has 1 N–H and O–H groups in total. The molecule has 0 spiro atoms. The van der Waals surface area contributed by atoms with Crippen LogP contribution in [0.5, 0.6) is 0 Å². The van der Waals surface area contributed by atoms with E-state index < -0.39 is 0 Å². The number of nitrogens with zero attached hydrogens (tertiary/aromatic N) is 3. The van der Waals surface area contributed by atoms with Gasteiger partial charge in [-0.15, -0.1) is 0 Å². The molecule has 0 aliphatic heterocycles. The van der Waals surface area contributed by atoms with Crippen molar-refractivity contribution in [1.29, 1.82) is 0 Å². The van der Waals surface area contributed by atoms with Crippen LogP contribution in [-0.4, -0.2) is 26.6 Å². The van der Waals surface area contributed by atoms with Crippen LogP contribution >= 0.6 is 0 Å². The lowest BCUT2D eigenvalue weighted by atomic mass is 10.2. The van der Waals surface area contributed by atoms with Gasteiger partial charge in [-0.3, -0.25) is 18.7 Å². The van der Waals surface area contributed by atoms with E-state index in [9.17, 15) is 9.59 Å². The van der Waals surface area contributed by atoms with E-state index >= 15 is 0 Å². The Morgan fingerprint density at radius 1 is 1.16 bits per heavy atom. The summed E-state index contributed by atoms with van der Waals surface area (Å²) in [6, 6.07) is 8.10. The average molecular weight is 338 g/mol. The number of fused-ring (bicyclic) bond motifs is 1.